The lowest BCUT2D eigenvalue weighted by atomic mass is 9.89. The monoisotopic (exact) mass is 281 g/mol. The van der Waals surface area contributed by atoms with Crippen molar-refractivity contribution in [1.82, 2.24) is 15.5 Å². The van der Waals surface area contributed by atoms with Gasteiger partial charge in [0.15, 0.2) is 0 Å². The van der Waals surface area contributed by atoms with Crippen LogP contribution in [0.2, 0.25) is 0 Å². The molecule has 1 aromatic heterocycles. The molecule has 4 nitrogen and oxygen atoms in total. The van der Waals surface area contributed by atoms with Crippen molar-refractivity contribution >= 4 is 17.5 Å². The molecule has 1 N–H and O–H groups in total. The summed E-state index contributed by atoms with van der Waals surface area (Å²) >= 11 is 6.08. The molecule has 0 unspecified atom stereocenters. The molecule has 1 heterocycles. The Morgan fingerprint density at radius 1 is 1.32 bits per heavy atom. The molecule has 1 aliphatic carbocycles. The van der Waals surface area contributed by atoms with Crippen LogP contribution in [0.3, 0.4) is 0 Å². The molecule has 5 heteroatoms. The summed E-state index contributed by atoms with van der Waals surface area (Å²) in [5.41, 5.74) is 2.06. The molecule has 0 aliphatic heterocycles. The number of hydrogen-bond donors (Lipinski definition) is 1. The first-order chi connectivity index (χ1) is 9.06. The first-order valence-electron chi connectivity index (χ1n) is 6.79. The van der Waals surface area contributed by atoms with Crippen LogP contribution in [-0.4, -0.2) is 28.0 Å². The number of rotatable bonds is 3. The van der Waals surface area contributed by atoms with Gasteiger partial charge in [-0.3, -0.25) is 4.79 Å². The van der Waals surface area contributed by atoms with Gasteiger partial charge in [0, 0.05) is 11.9 Å². The van der Waals surface area contributed by atoms with Crippen molar-refractivity contribution in [2.45, 2.75) is 44.9 Å². The molecule has 19 heavy (non-hydrogen) atoms. The van der Waals surface area contributed by atoms with Gasteiger partial charge in [0.1, 0.15) is 0 Å². The lowest BCUT2D eigenvalue weighted by molar-refractivity contribution is 0.0942. The van der Waals surface area contributed by atoms with Crippen LogP contribution in [0.25, 0.3) is 0 Å². The van der Waals surface area contributed by atoms with Crippen molar-refractivity contribution in [2.75, 3.05) is 6.54 Å². The maximum atomic E-state index is 12.1. The normalized spacial score (nSPS) is 23.1. The zero-order valence-electron chi connectivity index (χ0n) is 11.4. The minimum Gasteiger partial charge on any atom is -0.352 e. The van der Waals surface area contributed by atoms with Gasteiger partial charge in [-0.15, -0.1) is 11.6 Å². The Bertz CT molecular complexity index is 456. The van der Waals surface area contributed by atoms with Crippen molar-refractivity contribution in [3.05, 3.63) is 23.0 Å². The fourth-order valence-corrected chi connectivity index (χ4v) is 2.69. The maximum Gasteiger partial charge on any atom is 0.253 e. The number of nitrogens with one attached hydrogen (secondary N) is 1. The smallest absolute Gasteiger partial charge is 0.253 e. The summed E-state index contributed by atoms with van der Waals surface area (Å²) in [6, 6.07) is 1.79. The third-order valence-corrected chi connectivity index (χ3v) is 4.11. The molecule has 0 bridgehead atoms. The second-order valence-corrected chi connectivity index (χ2v) is 5.93. The third-order valence-electron chi connectivity index (χ3n) is 3.67. The van der Waals surface area contributed by atoms with Crippen LogP contribution in [0.4, 0.5) is 0 Å². The van der Waals surface area contributed by atoms with E-state index in [4.69, 9.17) is 11.6 Å². The summed E-state index contributed by atoms with van der Waals surface area (Å²) < 4.78 is 0. The average molecular weight is 282 g/mol. The lowest BCUT2D eigenvalue weighted by Crippen LogP contribution is -2.32. The molecular formula is C14H20ClN3O. The zero-order chi connectivity index (χ0) is 13.8. The number of amides is 1. The van der Waals surface area contributed by atoms with E-state index in [1.54, 1.807) is 13.0 Å². The molecule has 0 spiro atoms. The summed E-state index contributed by atoms with van der Waals surface area (Å²) in [5.74, 6) is 0.499. The standard InChI is InChI=1S/C14H20ClN3O/c1-9-7-13(10(2)18-17-9)14(19)16-8-11-3-5-12(15)6-4-11/h7,11-12H,3-6,8H2,1-2H3,(H,16,19). The van der Waals surface area contributed by atoms with Crippen LogP contribution in [0.1, 0.15) is 47.4 Å². The van der Waals surface area contributed by atoms with Crippen molar-refractivity contribution in [2.24, 2.45) is 5.92 Å². The van der Waals surface area contributed by atoms with Crippen LogP contribution < -0.4 is 5.32 Å². The number of halogens is 1. The van der Waals surface area contributed by atoms with Gasteiger partial charge in [-0.25, -0.2) is 0 Å². The van der Waals surface area contributed by atoms with Crippen LogP contribution in [0.5, 0.6) is 0 Å². The largest absolute Gasteiger partial charge is 0.352 e. The van der Waals surface area contributed by atoms with Gasteiger partial charge in [-0.2, -0.15) is 10.2 Å². The van der Waals surface area contributed by atoms with E-state index in [2.05, 4.69) is 15.5 Å². The molecule has 1 saturated carbocycles. The van der Waals surface area contributed by atoms with Gasteiger partial charge < -0.3 is 5.32 Å². The second-order valence-electron chi connectivity index (χ2n) is 5.31. The molecule has 104 valence electrons. The Morgan fingerprint density at radius 2 is 2.00 bits per heavy atom. The van der Waals surface area contributed by atoms with Gasteiger partial charge in [-0.1, -0.05) is 0 Å². The Hall–Kier alpha value is -1.16. The van der Waals surface area contributed by atoms with Crippen molar-refractivity contribution < 1.29 is 4.79 Å². The second kappa shape index (κ2) is 6.33. The highest BCUT2D eigenvalue weighted by molar-refractivity contribution is 6.20. The SMILES string of the molecule is Cc1cc(C(=O)NCC2CCC(Cl)CC2)c(C)nn1. The highest BCUT2D eigenvalue weighted by atomic mass is 35.5. The predicted octanol–water partition coefficient (Wildman–Crippen LogP) is 2.62. The quantitative estimate of drug-likeness (QED) is 0.867. The van der Waals surface area contributed by atoms with Gasteiger partial charge >= 0.3 is 0 Å². The van der Waals surface area contributed by atoms with E-state index in [9.17, 15) is 4.79 Å². The number of carbonyl (C=O) groups excluding carboxylic acids is 1. The third kappa shape index (κ3) is 3.90. The average Bonchev–Trinajstić information content (AvgIpc) is 2.40. The molecule has 1 amide bonds. The van der Waals surface area contributed by atoms with Crippen molar-refractivity contribution in [3.63, 3.8) is 0 Å². The topological polar surface area (TPSA) is 54.9 Å². The number of carbonyl (C=O) groups is 1. The van der Waals surface area contributed by atoms with Crippen LogP contribution in [0, 0.1) is 19.8 Å². The van der Waals surface area contributed by atoms with Gasteiger partial charge in [-0.05, 0) is 51.5 Å². The van der Waals surface area contributed by atoms with Crippen LogP contribution in [0.15, 0.2) is 6.07 Å². The highest BCUT2D eigenvalue weighted by Crippen LogP contribution is 2.27. The summed E-state index contributed by atoms with van der Waals surface area (Å²) in [4.78, 5) is 12.1. The van der Waals surface area contributed by atoms with Crippen molar-refractivity contribution in [3.8, 4) is 0 Å². The molecule has 0 atom stereocenters. The fraction of sp³-hybridized carbons (Fsp3) is 0.643. The number of aromatic nitrogens is 2. The summed E-state index contributed by atoms with van der Waals surface area (Å²) in [7, 11) is 0. The molecule has 0 saturated heterocycles. The number of nitrogens with zero attached hydrogens (tertiary/aromatic N) is 2. The number of aryl methyl sites for hydroxylation is 2. The van der Waals surface area contributed by atoms with E-state index in [-0.39, 0.29) is 5.91 Å². The number of alkyl halides is 1. The minimum atomic E-state index is -0.0523. The first kappa shape index (κ1) is 14.3. The molecule has 2 rings (SSSR count). The van der Waals surface area contributed by atoms with E-state index < -0.39 is 0 Å². The van der Waals surface area contributed by atoms with E-state index in [0.717, 1.165) is 37.9 Å². The molecular weight excluding hydrogens is 262 g/mol. The Labute approximate surface area is 118 Å². The van der Waals surface area contributed by atoms with E-state index in [1.807, 2.05) is 6.92 Å². The van der Waals surface area contributed by atoms with E-state index in [0.29, 0.717) is 22.6 Å². The Morgan fingerprint density at radius 3 is 2.68 bits per heavy atom. The van der Waals surface area contributed by atoms with E-state index >= 15 is 0 Å². The first-order valence-corrected chi connectivity index (χ1v) is 7.23. The van der Waals surface area contributed by atoms with Crippen LogP contribution >= 0.6 is 11.6 Å². The molecule has 0 aromatic carbocycles. The van der Waals surface area contributed by atoms with Crippen LogP contribution in [-0.2, 0) is 0 Å². The summed E-state index contributed by atoms with van der Waals surface area (Å²) in [6.07, 6.45) is 4.30. The predicted molar refractivity (Wildman–Crippen MR) is 75.4 cm³/mol. The molecule has 1 fully saturated rings. The van der Waals surface area contributed by atoms with Gasteiger partial charge in [0.2, 0.25) is 0 Å². The molecule has 0 radical (unpaired) electrons. The maximum absolute atomic E-state index is 12.1. The Kier molecular flexibility index (Phi) is 4.75. The molecule has 1 aromatic rings. The minimum absolute atomic E-state index is 0.0523. The Balaban J connectivity index is 1.89. The lowest BCUT2D eigenvalue weighted by Gasteiger charge is -2.25. The number of hydrogen-bond acceptors (Lipinski definition) is 3. The highest BCUT2D eigenvalue weighted by Gasteiger charge is 2.20. The van der Waals surface area contributed by atoms with E-state index in [1.165, 1.54) is 0 Å². The zero-order valence-corrected chi connectivity index (χ0v) is 12.2. The summed E-state index contributed by atoms with van der Waals surface area (Å²) in [5, 5.41) is 11.2. The summed E-state index contributed by atoms with van der Waals surface area (Å²) in [6.45, 7) is 4.37. The van der Waals surface area contributed by atoms with Gasteiger partial charge in [0.05, 0.1) is 17.0 Å². The van der Waals surface area contributed by atoms with Gasteiger partial charge in [0.25, 0.3) is 5.91 Å². The molecule has 1 aliphatic rings. The fourth-order valence-electron chi connectivity index (χ4n) is 2.44. The van der Waals surface area contributed by atoms with Crippen molar-refractivity contribution in [1.29, 1.82) is 0 Å².